The highest BCUT2D eigenvalue weighted by molar-refractivity contribution is 5.12. The van der Waals surface area contributed by atoms with Crippen LogP contribution in [0.15, 0.2) is 0 Å². The van der Waals surface area contributed by atoms with Gasteiger partial charge in [0.2, 0.25) is 0 Å². The summed E-state index contributed by atoms with van der Waals surface area (Å²) in [7, 11) is 0. The summed E-state index contributed by atoms with van der Waals surface area (Å²) in [5.41, 5.74) is -0.189. The number of fused-ring (bicyclic) bond motifs is 6. The van der Waals surface area contributed by atoms with Crippen molar-refractivity contribution in [3.8, 4) is 0 Å². The number of aliphatic hydroxyl groups excluding tert-OH is 1. The van der Waals surface area contributed by atoms with Crippen molar-refractivity contribution in [1.82, 2.24) is 0 Å². The van der Waals surface area contributed by atoms with Crippen molar-refractivity contribution in [1.29, 1.82) is 0 Å². The van der Waals surface area contributed by atoms with Gasteiger partial charge in [0.15, 0.2) is 0 Å². The summed E-state index contributed by atoms with van der Waals surface area (Å²) in [5.74, 6) is 5.68. The second-order valence-corrected chi connectivity index (χ2v) is 10.6. The first-order valence-electron chi connectivity index (χ1n) is 10.3. The van der Waals surface area contributed by atoms with Crippen LogP contribution in [0.25, 0.3) is 0 Å². The molecule has 5 rings (SSSR count). The second kappa shape index (κ2) is 4.75. The third-order valence-corrected chi connectivity index (χ3v) is 9.29. The van der Waals surface area contributed by atoms with Gasteiger partial charge < -0.3 is 10.2 Å². The van der Waals surface area contributed by atoms with Gasteiger partial charge in [-0.05, 0) is 112 Å². The van der Waals surface area contributed by atoms with Gasteiger partial charge in [-0.1, -0.05) is 6.92 Å². The van der Waals surface area contributed by atoms with Gasteiger partial charge in [0.1, 0.15) is 0 Å². The largest absolute Gasteiger partial charge is 0.392 e. The number of aliphatic hydroxyl groups is 2. The summed E-state index contributed by atoms with van der Waals surface area (Å²) in [4.78, 5) is 0. The van der Waals surface area contributed by atoms with E-state index < -0.39 is 5.60 Å². The summed E-state index contributed by atoms with van der Waals surface area (Å²) in [6, 6.07) is 0. The van der Waals surface area contributed by atoms with E-state index in [1.165, 1.54) is 44.9 Å². The Morgan fingerprint density at radius 3 is 2.39 bits per heavy atom. The highest BCUT2D eigenvalue weighted by atomic mass is 16.3. The predicted molar refractivity (Wildman–Crippen MR) is 90.7 cm³/mol. The Morgan fingerprint density at radius 1 is 0.783 bits per heavy atom. The summed E-state index contributed by atoms with van der Waals surface area (Å²) in [5, 5.41) is 21.4. The van der Waals surface area contributed by atoms with Crippen LogP contribution >= 0.6 is 0 Å². The molecule has 5 saturated carbocycles. The first kappa shape index (κ1) is 15.2. The summed E-state index contributed by atoms with van der Waals surface area (Å²) >= 11 is 0. The molecule has 2 heteroatoms. The van der Waals surface area contributed by atoms with E-state index in [-0.39, 0.29) is 11.5 Å². The van der Waals surface area contributed by atoms with E-state index in [9.17, 15) is 10.2 Å². The number of hydrogen-bond donors (Lipinski definition) is 2. The molecule has 2 N–H and O–H groups in total. The van der Waals surface area contributed by atoms with E-state index in [4.69, 9.17) is 0 Å². The molecule has 0 aromatic rings. The number of rotatable bonds is 0. The lowest BCUT2D eigenvalue weighted by Gasteiger charge is -2.60. The van der Waals surface area contributed by atoms with Crippen LogP contribution in [-0.2, 0) is 0 Å². The van der Waals surface area contributed by atoms with E-state index >= 15 is 0 Å². The fourth-order valence-electron chi connectivity index (χ4n) is 7.98. The smallest absolute Gasteiger partial charge is 0.0627 e. The van der Waals surface area contributed by atoms with Gasteiger partial charge in [-0.3, -0.25) is 0 Å². The van der Waals surface area contributed by atoms with Crippen LogP contribution in [0.3, 0.4) is 0 Å². The molecule has 10 atom stereocenters. The van der Waals surface area contributed by atoms with E-state index in [2.05, 4.69) is 13.8 Å². The van der Waals surface area contributed by atoms with Crippen molar-refractivity contribution in [2.75, 3.05) is 0 Å². The van der Waals surface area contributed by atoms with E-state index in [1.54, 1.807) is 0 Å². The predicted octanol–water partition coefficient (Wildman–Crippen LogP) is 4.00. The summed E-state index contributed by atoms with van der Waals surface area (Å²) in [6.07, 6.45) is 11.3. The summed E-state index contributed by atoms with van der Waals surface area (Å²) in [6.45, 7) is 4.48. The molecule has 0 saturated heterocycles. The molecule has 23 heavy (non-hydrogen) atoms. The van der Waals surface area contributed by atoms with E-state index in [0.717, 1.165) is 48.3 Å². The minimum Gasteiger partial charge on any atom is -0.392 e. The summed E-state index contributed by atoms with van der Waals surface area (Å²) < 4.78 is 0. The van der Waals surface area contributed by atoms with Gasteiger partial charge >= 0.3 is 0 Å². The lowest BCUT2D eigenvalue weighted by atomic mass is 9.46. The molecule has 0 aromatic heterocycles. The van der Waals surface area contributed by atoms with Crippen LogP contribution in [0.2, 0.25) is 0 Å². The maximum Gasteiger partial charge on any atom is 0.0627 e. The van der Waals surface area contributed by atoms with Crippen molar-refractivity contribution in [3.63, 3.8) is 0 Å². The average molecular weight is 319 g/mol. The Hall–Kier alpha value is -0.0800. The van der Waals surface area contributed by atoms with Gasteiger partial charge in [0, 0.05) is 0 Å². The molecule has 0 amide bonds. The minimum atomic E-state index is -0.403. The SMILES string of the molecule is CC1(O)CCC2C(CCC3C2CCC2(C)C(O)C4CC4CC32)C1. The van der Waals surface area contributed by atoms with Crippen LogP contribution < -0.4 is 0 Å². The van der Waals surface area contributed by atoms with Crippen LogP contribution in [0.5, 0.6) is 0 Å². The molecule has 0 bridgehead atoms. The van der Waals surface area contributed by atoms with Gasteiger partial charge in [0.25, 0.3) is 0 Å². The molecule has 2 nitrogen and oxygen atoms in total. The maximum absolute atomic E-state index is 10.9. The second-order valence-electron chi connectivity index (χ2n) is 10.6. The van der Waals surface area contributed by atoms with Crippen LogP contribution in [-0.4, -0.2) is 21.9 Å². The standard InChI is InChI=1S/C21H34O2/c1-20(23)7-5-14-12(11-20)3-4-16-15(14)6-8-21(2)18(16)10-13-9-17(13)19(21)22/h12-19,22-23H,3-11H2,1-2H3. The molecule has 5 aliphatic carbocycles. The normalized spacial score (nSPS) is 64.2. The molecular formula is C21H34O2. The molecule has 0 radical (unpaired) electrons. The maximum atomic E-state index is 10.9. The topological polar surface area (TPSA) is 40.5 Å². The monoisotopic (exact) mass is 318 g/mol. The highest BCUT2D eigenvalue weighted by Crippen LogP contribution is 2.67. The molecular weight excluding hydrogens is 284 g/mol. The lowest BCUT2D eigenvalue weighted by Crippen LogP contribution is -2.55. The molecule has 5 fully saturated rings. The third kappa shape index (κ3) is 2.13. The van der Waals surface area contributed by atoms with Crippen LogP contribution in [0.4, 0.5) is 0 Å². The van der Waals surface area contributed by atoms with Crippen molar-refractivity contribution in [3.05, 3.63) is 0 Å². The van der Waals surface area contributed by atoms with Crippen LogP contribution in [0, 0.1) is 46.8 Å². The zero-order valence-corrected chi connectivity index (χ0v) is 14.9. The Bertz CT molecular complexity index is 500. The van der Waals surface area contributed by atoms with Gasteiger partial charge in [-0.25, -0.2) is 0 Å². The van der Waals surface area contributed by atoms with E-state index in [0.29, 0.717) is 5.92 Å². The Labute approximate surface area is 141 Å². The first-order valence-corrected chi connectivity index (χ1v) is 10.3. The van der Waals surface area contributed by atoms with Crippen molar-refractivity contribution in [2.24, 2.45) is 46.8 Å². The fourth-order valence-corrected chi connectivity index (χ4v) is 7.98. The quantitative estimate of drug-likeness (QED) is 0.709. The molecule has 0 spiro atoms. The Balaban J connectivity index is 1.40. The molecule has 10 unspecified atom stereocenters. The van der Waals surface area contributed by atoms with E-state index in [1.807, 2.05) is 0 Å². The molecule has 0 aliphatic heterocycles. The van der Waals surface area contributed by atoms with Gasteiger partial charge in [-0.2, -0.15) is 0 Å². The average Bonchev–Trinajstić information content (AvgIpc) is 3.27. The van der Waals surface area contributed by atoms with Crippen molar-refractivity contribution >= 4 is 0 Å². The molecule has 130 valence electrons. The van der Waals surface area contributed by atoms with Crippen molar-refractivity contribution < 1.29 is 10.2 Å². The fraction of sp³-hybridized carbons (Fsp3) is 1.00. The molecule has 5 aliphatic rings. The Morgan fingerprint density at radius 2 is 1.57 bits per heavy atom. The van der Waals surface area contributed by atoms with Gasteiger partial charge in [0.05, 0.1) is 11.7 Å². The van der Waals surface area contributed by atoms with Crippen molar-refractivity contribution in [2.45, 2.75) is 83.3 Å². The minimum absolute atomic E-state index is 0.0167. The number of hydrogen-bond acceptors (Lipinski definition) is 2. The van der Waals surface area contributed by atoms with Crippen LogP contribution in [0.1, 0.15) is 71.6 Å². The zero-order chi connectivity index (χ0) is 16.0. The van der Waals surface area contributed by atoms with Gasteiger partial charge in [-0.15, -0.1) is 0 Å². The lowest BCUT2D eigenvalue weighted by molar-refractivity contribution is -0.149. The molecule has 0 aromatic carbocycles. The Kier molecular flexibility index (Phi) is 3.14. The first-order chi connectivity index (χ1) is 10.9. The highest BCUT2D eigenvalue weighted by Gasteiger charge is 2.63. The zero-order valence-electron chi connectivity index (χ0n) is 14.9. The third-order valence-electron chi connectivity index (χ3n) is 9.29. The molecule has 0 heterocycles.